The fourth-order valence-electron chi connectivity index (χ4n) is 3.47. The molecule has 0 heterocycles. The van der Waals surface area contributed by atoms with Crippen molar-refractivity contribution in [1.29, 1.82) is 0 Å². The van der Waals surface area contributed by atoms with Gasteiger partial charge in [0.05, 0.1) is 28.4 Å². The average molecular weight is 510 g/mol. The number of ether oxygens (including phenoxy) is 1. The number of carbonyl (C=O) groups is 2. The Balaban J connectivity index is 1.91. The van der Waals surface area contributed by atoms with Crippen LogP contribution in [-0.2, 0) is 14.8 Å². The van der Waals surface area contributed by atoms with Gasteiger partial charge in [-0.2, -0.15) is 0 Å². The largest absolute Gasteiger partial charge is 0.494 e. The predicted octanol–water partition coefficient (Wildman–Crippen LogP) is 4.37. The Morgan fingerprint density at radius 3 is 2.22 bits per heavy atom. The summed E-state index contributed by atoms with van der Waals surface area (Å²) >= 11 is 0. The molecule has 2 N–H and O–H groups in total. The van der Waals surface area contributed by atoms with E-state index in [4.69, 9.17) is 4.74 Å². The summed E-state index contributed by atoms with van der Waals surface area (Å²) in [4.78, 5) is 25.7. The number of para-hydroxylation sites is 1. The monoisotopic (exact) mass is 509 g/mol. The fourth-order valence-corrected chi connectivity index (χ4v) is 4.89. The maximum absolute atomic E-state index is 13.6. The molecule has 190 valence electrons. The number of nitrogens with zero attached hydrogens (tertiary/aromatic N) is 1. The van der Waals surface area contributed by atoms with E-state index in [0.717, 1.165) is 16.3 Å². The topological polar surface area (TPSA) is 105 Å². The van der Waals surface area contributed by atoms with Crippen molar-refractivity contribution in [1.82, 2.24) is 5.32 Å². The highest BCUT2D eigenvalue weighted by Gasteiger charge is 2.28. The summed E-state index contributed by atoms with van der Waals surface area (Å²) in [5.41, 5.74) is 1.82. The van der Waals surface area contributed by atoms with Crippen LogP contribution in [0.4, 0.5) is 11.4 Å². The molecule has 0 radical (unpaired) electrons. The number of amides is 2. The molecule has 0 aliphatic heterocycles. The van der Waals surface area contributed by atoms with Gasteiger partial charge in [0.1, 0.15) is 12.3 Å². The van der Waals surface area contributed by atoms with E-state index in [-0.39, 0.29) is 10.8 Å². The first kappa shape index (κ1) is 26.7. The molecule has 0 unspecified atom stereocenters. The third-order valence-electron chi connectivity index (χ3n) is 5.31. The minimum atomic E-state index is -4.07. The summed E-state index contributed by atoms with van der Waals surface area (Å²) in [5.74, 6) is -0.316. The van der Waals surface area contributed by atoms with Gasteiger partial charge in [-0.3, -0.25) is 13.9 Å². The quantitative estimate of drug-likeness (QED) is 0.399. The van der Waals surface area contributed by atoms with Crippen LogP contribution >= 0.6 is 0 Å². The highest BCUT2D eigenvalue weighted by atomic mass is 32.2. The Kier molecular flexibility index (Phi) is 9.08. The molecule has 0 aliphatic carbocycles. The van der Waals surface area contributed by atoms with Gasteiger partial charge in [0.2, 0.25) is 5.91 Å². The first-order valence-corrected chi connectivity index (χ1v) is 13.2. The van der Waals surface area contributed by atoms with Crippen molar-refractivity contribution < 1.29 is 22.7 Å². The zero-order chi connectivity index (χ0) is 26.1. The summed E-state index contributed by atoms with van der Waals surface area (Å²) in [6.07, 6.45) is 0.772. The molecule has 3 aromatic rings. The third-order valence-corrected chi connectivity index (χ3v) is 7.10. The molecule has 8 nitrogen and oxygen atoms in total. The van der Waals surface area contributed by atoms with Gasteiger partial charge in [0.25, 0.3) is 15.9 Å². The van der Waals surface area contributed by atoms with Gasteiger partial charge < -0.3 is 15.4 Å². The van der Waals surface area contributed by atoms with Crippen LogP contribution in [0.2, 0.25) is 0 Å². The highest BCUT2D eigenvalue weighted by Crippen LogP contribution is 2.26. The number of sulfonamides is 1. The Morgan fingerprint density at radius 1 is 0.917 bits per heavy atom. The molecule has 0 saturated carbocycles. The predicted molar refractivity (Wildman–Crippen MR) is 141 cm³/mol. The van der Waals surface area contributed by atoms with Gasteiger partial charge in [0, 0.05) is 6.54 Å². The van der Waals surface area contributed by atoms with E-state index < -0.39 is 22.5 Å². The van der Waals surface area contributed by atoms with Crippen molar-refractivity contribution in [3.8, 4) is 5.75 Å². The number of hydrogen-bond donors (Lipinski definition) is 2. The maximum atomic E-state index is 13.6. The zero-order valence-electron chi connectivity index (χ0n) is 20.7. The molecule has 0 aromatic heterocycles. The molecule has 9 heteroatoms. The lowest BCUT2D eigenvalue weighted by atomic mass is 10.1. The number of benzene rings is 3. The van der Waals surface area contributed by atoms with Crippen molar-refractivity contribution in [3.63, 3.8) is 0 Å². The molecule has 2 amide bonds. The molecular weight excluding hydrogens is 478 g/mol. The summed E-state index contributed by atoms with van der Waals surface area (Å²) in [7, 11) is -4.07. The van der Waals surface area contributed by atoms with Gasteiger partial charge in [0.15, 0.2) is 0 Å². The van der Waals surface area contributed by atoms with Crippen LogP contribution in [-0.4, -0.2) is 39.9 Å². The van der Waals surface area contributed by atoms with Gasteiger partial charge in [-0.05, 0) is 68.8 Å². The molecule has 0 aliphatic rings. The van der Waals surface area contributed by atoms with Crippen LogP contribution in [0, 0.1) is 6.92 Å². The molecule has 0 bridgehead atoms. The van der Waals surface area contributed by atoms with Crippen LogP contribution in [0.25, 0.3) is 0 Å². The number of nitrogens with one attached hydrogen (secondary N) is 2. The number of hydrogen-bond acceptors (Lipinski definition) is 5. The SMILES string of the molecule is CCCNC(=O)c1ccccc1NC(=O)CN(c1ccc(OCC)cc1)S(=O)(=O)c1ccc(C)cc1. The van der Waals surface area contributed by atoms with Crippen molar-refractivity contribution in [2.24, 2.45) is 0 Å². The maximum Gasteiger partial charge on any atom is 0.264 e. The van der Waals surface area contributed by atoms with Gasteiger partial charge >= 0.3 is 0 Å². The second kappa shape index (κ2) is 12.2. The average Bonchev–Trinajstić information content (AvgIpc) is 2.87. The molecule has 0 fully saturated rings. The summed E-state index contributed by atoms with van der Waals surface area (Å²) in [5, 5.41) is 5.49. The van der Waals surface area contributed by atoms with E-state index in [1.165, 1.54) is 12.1 Å². The van der Waals surface area contributed by atoms with Crippen molar-refractivity contribution in [2.45, 2.75) is 32.1 Å². The number of aryl methyl sites for hydroxylation is 1. The molecule has 36 heavy (non-hydrogen) atoms. The molecule has 0 spiro atoms. The van der Waals surface area contributed by atoms with E-state index in [1.807, 2.05) is 20.8 Å². The Morgan fingerprint density at radius 2 is 1.58 bits per heavy atom. The normalized spacial score (nSPS) is 11.0. The standard InChI is InChI=1S/C27H31N3O5S/c1-4-18-28-27(32)24-8-6-7-9-25(24)29-26(31)19-30(21-12-14-22(15-13-21)35-5-2)36(33,34)23-16-10-20(3)11-17-23/h6-17H,4-5,18-19H2,1-3H3,(H,28,32)(H,29,31). The van der Waals surface area contributed by atoms with E-state index in [2.05, 4.69) is 10.6 Å². The lowest BCUT2D eigenvalue weighted by Gasteiger charge is -2.24. The summed E-state index contributed by atoms with van der Waals surface area (Å²) in [6, 6.07) is 19.5. The van der Waals surface area contributed by atoms with Crippen molar-refractivity contribution in [2.75, 3.05) is 29.3 Å². The molecule has 0 saturated heterocycles. The fraction of sp³-hybridized carbons (Fsp3) is 0.259. The minimum absolute atomic E-state index is 0.0640. The Bertz CT molecular complexity index is 1290. The van der Waals surface area contributed by atoms with Gasteiger partial charge in [-0.25, -0.2) is 8.42 Å². The van der Waals surface area contributed by atoms with Gasteiger partial charge in [-0.15, -0.1) is 0 Å². The highest BCUT2D eigenvalue weighted by molar-refractivity contribution is 7.92. The van der Waals surface area contributed by atoms with E-state index >= 15 is 0 Å². The van der Waals surface area contributed by atoms with Crippen LogP contribution in [0.5, 0.6) is 5.75 Å². The van der Waals surface area contributed by atoms with Crippen LogP contribution in [0.1, 0.15) is 36.2 Å². The van der Waals surface area contributed by atoms with Crippen molar-refractivity contribution in [3.05, 3.63) is 83.9 Å². The Hall–Kier alpha value is -3.85. The second-order valence-corrected chi connectivity index (χ2v) is 9.96. The van der Waals surface area contributed by atoms with Crippen LogP contribution in [0.3, 0.4) is 0 Å². The number of rotatable bonds is 11. The van der Waals surface area contributed by atoms with Crippen molar-refractivity contribution >= 4 is 33.2 Å². The smallest absolute Gasteiger partial charge is 0.264 e. The zero-order valence-corrected chi connectivity index (χ0v) is 21.5. The van der Waals surface area contributed by atoms with Crippen LogP contribution in [0.15, 0.2) is 77.7 Å². The van der Waals surface area contributed by atoms with Crippen LogP contribution < -0.4 is 19.7 Å². The first-order chi connectivity index (χ1) is 17.3. The first-order valence-electron chi connectivity index (χ1n) is 11.8. The molecule has 3 aromatic carbocycles. The van der Waals surface area contributed by atoms with Gasteiger partial charge in [-0.1, -0.05) is 36.8 Å². The summed E-state index contributed by atoms with van der Waals surface area (Å²) < 4.78 is 33.7. The number of anilines is 2. The lowest BCUT2D eigenvalue weighted by Crippen LogP contribution is -2.38. The van der Waals surface area contributed by atoms with E-state index in [1.54, 1.807) is 60.7 Å². The lowest BCUT2D eigenvalue weighted by molar-refractivity contribution is -0.114. The minimum Gasteiger partial charge on any atom is -0.494 e. The number of carbonyl (C=O) groups excluding carboxylic acids is 2. The molecule has 3 rings (SSSR count). The van der Waals surface area contributed by atoms with E-state index in [9.17, 15) is 18.0 Å². The van der Waals surface area contributed by atoms with E-state index in [0.29, 0.717) is 35.8 Å². The summed E-state index contributed by atoms with van der Waals surface area (Å²) in [6.45, 7) is 6.14. The second-order valence-electron chi connectivity index (χ2n) is 8.10. The third kappa shape index (κ3) is 6.63. The molecule has 0 atom stereocenters. The molecular formula is C27H31N3O5S. The Labute approximate surface area is 212 Å².